The molecule has 3 heteroatoms. The van der Waals surface area contributed by atoms with Gasteiger partial charge in [0.05, 0.1) is 13.2 Å². The second-order valence-electron chi connectivity index (χ2n) is 8.50. The van der Waals surface area contributed by atoms with Crippen molar-refractivity contribution < 1.29 is 4.74 Å². The number of rotatable bonds is 4. The summed E-state index contributed by atoms with van der Waals surface area (Å²) in [5, 5.41) is 7.76. The fourth-order valence-corrected chi connectivity index (χ4v) is 5.04. The van der Waals surface area contributed by atoms with E-state index >= 15 is 0 Å². The van der Waals surface area contributed by atoms with Crippen molar-refractivity contribution in [1.82, 2.24) is 10.6 Å². The third-order valence-corrected chi connectivity index (χ3v) is 6.51. The third-order valence-electron chi connectivity index (χ3n) is 6.51. The number of hydrogen-bond donors (Lipinski definition) is 2. The smallest absolute Gasteiger partial charge is 0.122 e. The Kier molecular flexibility index (Phi) is 5.25. The van der Waals surface area contributed by atoms with Crippen molar-refractivity contribution >= 4 is 0 Å². The lowest BCUT2D eigenvalue weighted by Crippen LogP contribution is -2.54. The zero-order chi connectivity index (χ0) is 18.9. The first-order valence-electron chi connectivity index (χ1n) is 10.3. The summed E-state index contributed by atoms with van der Waals surface area (Å²) in [4.78, 5) is 0. The van der Waals surface area contributed by atoms with Crippen molar-refractivity contribution in [1.29, 1.82) is 0 Å². The van der Waals surface area contributed by atoms with E-state index < -0.39 is 0 Å². The zero-order valence-electron chi connectivity index (χ0n) is 16.8. The van der Waals surface area contributed by atoms with E-state index in [1.165, 1.54) is 29.5 Å². The quantitative estimate of drug-likeness (QED) is 0.821. The van der Waals surface area contributed by atoms with Gasteiger partial charge in [-0.05, 0) is 54.5 Å². The molecule has 2 aromatic carbocycles. The maximum Gasteiger partial charge on any atom is 0.122 e. The van der Waals surface area contributed by atoms with E-state index in [-0.39, 0.29) is 5.54 Å². The van der Waals surface area contributed by atoms with E-state index in [2.05, 4.69) is 73.0 Å². The maximum atomic E-state index is 5.74. The van der Waals surface area contributed by atoms with E-state index in [1.807, 2.05) is 0 Å². The van der Waals surface area contributed by atoms with Crippen molar-refractivity contribution in [3.05, 3.63) is 65.2 Å². The first kappa shape index (κ1) is 18.5. The fraction of sp³-hybridized carbons (Fsp3) is 0.500. The standard InChI is InChI=1S/C24H32N2O/c1-17(2)19-10-11-22(27-3)21(14-19)20-15-24(26-16-20)12-7-13-25-23(24)18-8-5-4-6-9-18/h4-6,8-11,14,17,20,23,25-26H,7,12-13,15-16H2,1-3H3/t20-,23?,24+/m0/s1. The lowest BCUT2D eigenvalue weighted by molar-refractivity contribution is 0.202. The summed E-state index contributed by atoms with van der Waals surface area (Å²) >= 11 is 0. The van der Waals surface area contributed by atoms with Crippen LogP contribution in [0.15, 0.2) is 48.5 Å². The Labute approximate surface area is 163 Å². The number of nitrogens with one attached hydrogen (secondary N) is 2. The van der Waals surface area contributed by atoms with Gasteiger partial charge in [0.1, 0.15) is 5.75 Å². The Hall–Kier alpha value is -1.84. The van der Waals surface area contributed by atoms with E-state index in [4.69, 9.17) is 4.74 Å². The van der Waals surface area contributed by atoms with Crippen LogP contribution in [0, 0.1) is 0 Å². The molecule has 0 amide bonds. The molecule has 27 heavy (non-hydrogen) atoms. The summed E-state index contributed by atoms with van der Waals surface area (Å²) in [6, 6.07) is 18.1. The lowest BCUT2D eigenvalue weighted by Gasteiger charge is -2.43. The summed E-state index contributed by atoms with van der Waals surface area (Å²) in [5.74, 6) is 2.06. The Morgan fingerprint density at radius 2 is 1.93 bits per heavy atom. The highest BCUT2D eigenvalue weighted by molar-refractivity contribution is 5.42. The molecule has 1 spiro atoms. The monoisotopic (exact) mass is 364 g/mol. The molecule has 2 aliphatic heterocycles. The minimum atomic E-state index is 0.128. The van der Waals surface area contributed by atoms with E-state index in [0.717, 1.165) is 25.3 Å². The van der Waals surface area contributed by atoms with Gasteiger partial charge in [-0.25, -0.2) is 0 Å². The van der Waals surface area contributed by atoms with Crippen LogP contribution < -0.4 is 15.4 Å². The van der Waals surface area contributed by atoms with Gasteiger partial charge in [-0.15, -0.1) is 0 Å². The summed E-state index contributed by atoms with van der Waals surface area (Å²) in [6.45, 7) is 6.63. The topological polar surface area (TPSA) is 33.3 Å². The van der Waals surface area contributed by atoms with Crippen LogP contribution in [-0.4, -0.2) is 25.7 Å². The van der Waals surface area contributed by atoms with E-state index in [1.54, 1.807) is 7.11 Å². The van der Waals surface area contributed by atoms with Crippen molar-refractivity contribution in [2.75, 3.05) is 20.2 Å². The molecule has 4 rings (SSSR count). The molecule has 0 bridgehead atoms. The fourth-order valence-electron chi connectivity index (χ4n) is 5.04. The van der Waals surface area contributed by atoms with Gasteiger partial charge in [0.15, 0.2) is 0 Å². The van der Waals surface area contributed by atoms with Crippen molar-refractivity contribution in [3.8, 4) is 5.75 Å². The number of hydrogen-bond acceptors (Lipinski definition) is 3. The Bertz CT molecular complexity index is 773. The van der Waals surface area contributed by atoms with Crippen LogP contribution >= 0.6 is 0 Å². The largest absolute Gasteiger partial charge is 0.496 e. The van der Waals surface area contributed by atoms with Crippen LogP contribution in [0.2, 0.25) is 0 Å². The van der Waals surface area contributed by atoms with Gasteiger partial charge in [0, 0.05) is 18.0 Å². The molecule has 2 saturated heterocycles. The van der Waals surface area contributed by atoms with Gasteiger partial charge in [-0.3, -0.25) is 0 Å². The Morgan fingerprint density at radius 3 is 2.67 bits per heavy atom. The predicted octanol–water partition coefficient (Wildman–Crippen LogP) is 4.76. The number of methoxy groups -OCH3 is 1. The second kappa shape index (κ2) is 7.65. The average Bonchev–Trinajstić information content (AvgIpc) is 3.12. The van der Waals surface area contributed by atoms with Gasteiger partial charge in [-0.2, -0.15) is 0 Å². The molecule has 0 radical (unpaired) electrons. The number of piperidine rings is 1. The molecule has 3 atom stereocenters. The minimum Gasteiger partial charge on any atom is -0.496 e. The van der Waals surface area contributed by atoms with Crippen LogP contribution in [0.4, 0.5) is 0 Å². The van der Waals surface area contributed by atoms with Gasteiger partial charge in [0.25, 0.3) is 0 Å². The van der Waals surface area contributed by atoms with Gasteiger partial charge >= 0.3 is 0 Å². The molecule has 0 aromatic heterocycles. The van der Waals surface area contributed by atoms with Crippen molar-refractivity contribution in [2.45, 2.75) is 56.5 Å². The molecule has 3 nitrogen and oxygen atoms in total. The van der Waals surface area contributed by atoms with Gasteiger partial charge < -0.3 is 15.4 Å². The molecule has 144 valence electrons. The van der Waals surface area contributed by atoms with Gasteiger partial charge in [0.2, 0.25) is 0 Å². The minimum absolute atomic E-state index is 0.128. The molecule has 2 aromatic rings. The van der Waals surface area contributed by atoms with E-state index in [0.29, 0.717) is 17.9 Å². The highest BCUT2D eigenvalue weighted by Crippen LogP contribution is 2.46. The summed E-state index contributed by atoms with van der Waals surface area (Å²) in [7, 11) is 1.79. The predicted molar refractivity (Wildman–Crippen MR) is 112 cm³/mol. The van der Waals surface area contributed by atoms with Crippen molar-refractivity contribution in [3.63, 3.8) is 0 Å². The number of ether oxygens (including phenoxy) is 1. The average molecular weight is 365 g/mol. The summed E-state index contributed by atoms with van der Waals surface area (Å²) in [6.07, 6.45) is 3.60. The van der Waals surface area contributed by atoms with Crippen LogP contribution in [0.25, 0.3) is 0 Å². The Morgan fingerprint density at radius 1 is 1.11 bits per heavy atom. The molecular formula is C24H32N2O. The molecular weight excluding hydrogens is 332 g/mol. The molecule has 0 saturated carbocycles. The molecule has 1 unspecified atom stereocenters. The molecule has 0 aliphatic carbocycles. The second-order valence-corrected chi connectivity index (χ2v) is 8.50. The highest BCUT2D eigenvalue weighted by atomic mass is 16.5. The molecule has 2 fully saturated rings. The SMILES string of the molecule is COc1ccc(C(C)C)cc1[C@@H]1CN[C@]2(CCCNC2c2ccccc2)C1. The normalized spacial score (nSPS) is 28.0. The first-order chi connectivity index (χ1) is 13.1. The highest BCUT2D eigenvalue weighted by Gasteiger charge is 2.47. The lowest BCUT2D eigenvalue weighted by atomic mass is 9.75. The molecule has 2 N–H and O–H groups in total. The number of benzene rings is 2. The van der Waals surface area contributed by atoms with Crippen molar-refractivity contribution in [2.24, 2.45) is 0 Å². The van der Waals surface area contributed by atoms with E-state index in [9.17, 15) is 0 Å². The Balaban J connectivity index is 1.65. The van der Waals surface area contributed by atoms with Crippen LogP contribution in [0.3, 0.4) is 0 Å². The zero-order valence-corrected chi connectivity index (χ0v) is 16.8. The van der Waals surface area contributed by atoms with Gasteiger partial charge in [-0.1, -0.05) is 56.3 Å². The van der Waals surface area contributed by atoms with Crippen LogP contribution in [0.5, 0.6) is 5.75 Å². The van der Waals surface area contributed by atoms with Crippen LogP contribution in [0.1, 0.15) is 67.7 Å². The first-order valence-corrected chi connectivity index (χ1v) is 10.3. The third kappa shape index (κ3) is 3.51. The molecule has 2 aliphatic rings. The molecule has 2 heterocycles. The summed E-state index contributed by atoms with van der Waals surface area (Å²) in [5.41, 5.74) is 4.29. The van der Waals surface area contributed by atoms with Crippen LogP contribution in [-0.2, 0) is 0 Å². The summed E-state index contributed by atoms with van der Waals surface area (Å²) < 4.78 is 5.74. The maximum absolute atomic E-state index is 5.74.